The highest BCUT2D eigenvalue weighted by atomic mass is 32.1. The molecule has 0 amide bonds. The quantitative estimate of drug-likeness (QED) is 0.608. The molecular weight excluding hydrogens is 322 g/mol. The number of hydrogen-bond acceptors (Lipinski definition) is 4. The van der Waals surface area contributed by atoms with Crippen molar-refractivity contribution in [3.8, 4) is 10.4 Å². The van der Waals surface area contributed by atoms with E-state index in [2.05, 4.69) is 33.5 Å². The van der Waals surface area contributed by atoms with Gasteiger partial charge in [0, 0.05) is 21.5 Å². The van der Waals surface area contributed by atoms with Gasteiger partial charge < -0.3 is 0 Å². The number of nitrogens with zero attached hydrogens (tertiary/aromatic N) is 4. The standard InChI is InChI=1S/C17H15N5OS/c23-17-20-18-12-21(17)11-15-6-7-16(24-15)14-8-19-22(10-14)9-13-4-2-1-3-5-13/h1-8,10,12H,9,11H2,(H,20,23). The summed E-state index contributed by atoms with van der Waals surface area (Å²) in [5.74, 6) is 0. The van der Waals surface area contributed by atoms with Gasteiger partial charge in [-0.25, -0.2) is 9.89 Å². The predicted octanol–water partition coefficient (Wildman–Crippen LogP) is 2.59. The van der Waals surface area contributed by atoms with E-state index in [1.807, 2.05) is 41.3 Å². The number of thiophene rings is 1. The lowest BCUT2D eigenvalue weighted by molar-refractivity contribution is 0.687. The van der Waals surface area contributed by atoms with Crippen molar-refractivity contribution in [3.05, 3.63) is 82.1 Å². The number of nitrogens with one attached hydrogen (secondary N) is 1. The molecule has 0 fully saturated rings. The average molecular weight is 337 g/mol. The number of hydrogen-bond donors (Lipinski definition) is 1. The van der Waals surface area contributed by atoms with E-state index in [-0.39, 0.29) is 5.69 Å². The van der Waals surface area contributed by atoms with Gasteiger partial charge in [-0.3, -0.25) is 9.25 Å². The van der Waals surface area contributed by atoms with Crippen LogP contribution in [0.1, 0.15) is 10.4 Å². The first-order valence-electron chi connectivity index (χ1n) is 7.53. The van der Waals surface area contributed by atoms with E-state index in [4.69, 9.17) is 0 Å². The fourth-order valence-electron chi connectivity index (χ4n) is 2.52. The SMILES string of the molecule is O=c1[nH]ncn1Cc1ccc(-c2cnn(Cc3ccccc3)c2)s1. The summed E-state index contributed by atoms with van der Waals surface area (Å²) in [6.07, 6.45) is 5.44. The van der Waals surface area contributed by atoms with Crippen molar-refractivity contribution in [3.63, 3.8) is 0 Å². The summed E-state index contributed by atoms with van der Waals surface area (Å²) in [6.45, 7) is 1.28. The molecular formula is C17H15N5OS. The van der Waals surface area contributed by atoms with Crippen LogP contribution in [0.2, 0.25) is 0 Å². The Hall–Kier alpha value is -2.93. The van der Waals surface area contributed by atoms with Crippen LogP contribution in [0.5, 0.6) is 0 Å². The number of H-pyrrole nitrogens is 1. The van der Waals surface area contributed by atoms with Crippen LogP contribution in [0.15, 0.2) is 66.0 Å². The molecule has 6 nitrogen and oxygen atoms in total. The maximum Gasteiger partial charge on any atom is 0.343 e. The van der Waals surface area contributed by atoms with E-state index in [1.54, 1.807) is 15.9 Å². The van der Waals surface area contributed by atoms with E-state index in [0.29, 0.717) is 6.54 Å². The van der Waals surface area contributed by atoms with E-state index in [0.717, 1.165) is 21.9 Å². The highest BCUT2D eigenvalue weighted by Crippen LogP contribution is 2.28. The zero-order valence-corrected chi connectivity index (χ0v) is 13.6. The maximum atomic E-state index is 11.5. The van der Waals surface area contributed by atoms with Crippen molar-refractivity contribution in [2.24, 2.45) is 0 Å². The maximum absolute atomic E-state index is 11.5. The van der Waals surface area contributed by atoms with Gasteiger partial charge in [-0.2, -0.15) is 10.2 Å². The molecule has 0 radical (unpaired) electrons. The minimum Gasteiger partial charge on any atom is -0.276 e. The van der Waals surface area contributed by atoms with E-state index >= 15 is 0 Å². The smallest absolute Gasteiger partial charge is 0.276 e. The van der Waals surface area contributed by atoms with Crippen LogP contribution in [-0.2, 0) is 13.1 Å². The highest BCUT2D eigenvalue weighted by Gasteiger charge is 2.07. The van der Waals surface area contributed by atoms with Crippen molar-refractivity contribution in [1.29, 1.82) is 0 Å². The molecule has 7 heteroatoms. The zero-order chi connectivity index (χ0) is 16.4. The number of benzene rings is 1. The van der Waals surface area contributed by atoms with Crippen LogP contribution in [0.25, 0.3) is 10.4 Å². The molecule has 4 aromatic rings. The van der Waals surface area contributed by atoms with Gasteiger partial charge in [-0.1, -0.05) is 30.3 Å². The monoisotopic (exact) mass is 337 g/mol. The zero-order valence-electron chi connectivity index (χ0n) is 12.8. The van der Waals surface area contributed by atoms with Crippen molar-refractivity contribution in [2.45, 2.75) is 13.1 Å². The summed E-state index contributed by atoms with van der Waals surface area (Å²) in [6, 6.07) is 14.4. The Bertz CT molecular complexity index is 995. The highest BCUT2D eigenvalue weighted by molar-refractivity contribution is 7.15. The lowest BCUT2D eigenvalue weighted by atomic mass is 10.2. The van der Waals surface area contributed by atoms with E-state index < -0.39 is 0 Å². The van der Waals surface area contributed by atoms with Gasteiger partial charge in [-0.05, 0) is 17.7 Å². The lowest BCUT2D eigenvalue weighted by Gasteiger charge is -2.00. The molecule has 0 bridgehead atoms. The van der Waals surface area contributed by atoms with Gasteiger partial charge in [0.05, 0.1) is 19.3 Å². The molecule has 1 aromatic carbocycles. The molecule has 0 aliphatic carbocycles. The Morgan fingerprint density at radius 3 is 2.75 bits per heavy atom. The molecule has 0 saturated heterocycles. The van der Waals surface area contributed by atoms with Crippen molar-refractivity contribution in [1.82, 2.24) is 24.5 Å². The van der Waals surface area contributed by atoms with Gasteiger partial charge in [0.2, 0.25) is 0 Å². The molecule has 0 aliphatic rings. The first kappa shape index (κ1) is 14.6. The van der Waals surface area contributed by atoms with Crippen molar-refractivity contribution in [2.75, 3.05) is 0 Å². The molecule has 0 spiro atoms. The normalized spacial score (nSPS) is 11.0. The largest absolute Gasteiger partial charge is 0.343 e. The van der Waals surface area contributed by atoms with Crippen LogP contribution in [0.3, 0.4) is 0 Å². The van der Waals surface area contributed by atoms with E-state index in [9.17, 15) is 4.79 Å². The molecule has 3 heterocycles. The minimum absolute atomic E-state index is 0.194. The summed E-state index contributed by atoms with van der Waals surface area (Å²) < 4.78 is 3.49. The molecule has 0 atom stereocenters. The molecule has 24 heavy (non-hydrogen) atoms. The van der Waals surface area contributed by atoms with Gasteiger partial charge >= 0.3 is 5.69 Å². The van der Waals surface area contributed by atoms with Crippen LogP contribution in [-0.4, -0.2) is 24.5 Å². The Balaban J connectivity index is 1.51. The fraction of sp³-hybridized carbons (Fsp3) is 0.118. The van der Waals surface area contributed by atoms with Crippen LogP contribution in [0.4, 0.5) is 0 Å². The summed E-state index contributed by atoms with van der Waals surface area (Å²) in [5.41, 5.74) is 2.11. The summed E-state index contributed by atoms with van der Waals surface area (Å²) in [4.78, 5) is 13.8. The first-order chi connectivity index (χ1) is 11.8. The second kappa shape index (κ2) is 6.29. The predicted molar refractivity (Wildman–Crippen MR) is 93.0 cm³/mol. The third kappa shape index (κ3) is 3.07. The summed E-state index contributed by atoms with van der Waals surface area (Å²) >= 11 is 1.66. The third-order valence-corrected chi connectivity index (χ3v) is 4.83. The Kier molecular flexibility index (Phi) is 3.84. The van der Waals surface area contributed by atoms with Crippen molar-refractivity contribution < 1.29 is 0 Å². The average Bonchev–Trinajstić information content (AvgIpc) is 3.31. The second-order valence-electron chi connectivity index (χ2n) is 5.47. The molecule has 120 valence electrons. The summed E-state index contributed by atoms with van der Waals surface area (Å²) in [7, 11) is 0. The molecule has 0 unspecified atom stereocenters. The number of aromatic amines is 1. The lowest BCUT2D eigenvalue weighted by Crippen LogP contribution is -2.16. The third-order valence-electron chi connectivity index (χ3n) is 3.71. The van der Waals surface area contributed by atoms with Gasteiger partial charge in [0.1, 0.15) is 6.33 Å². The van der Waals surface area contributed by atoms with Crippen LogP contribution in [0, 0.1) is 0 Å². The van der Waals surface area contributed by atoms with Crippen LogP contribution >= 0.6 is 11.3 Å². The van der Waals surface area contributed by atoms with Crippen LogP contribution < -0.4 is 5.69 Å². The molecule has 0 saturated carbocycles. The van der Waals surface area contributed by atoms with E-state index in [1.165, 1.54) is 11.9 Å². The number of rotatable bonds is 5. The number of aromatic nitrogens is 5. The molecule has 3 aromatic heterocycles. The Morgan fingerprint density at radius 2 is 1.96 bits per heavy atom. The molecule has 1 N–H and O–H groups in total. The second-order valence-corrected chi connectivity index (χ2v) is 6.64. The Labute approximate surface area is 142 Å². The molecule has 4 rings (SSSR count). The topological polar surface area (TPSA) is 68.5 Å². The molecule has 0 aliphatic heterocycles. The van der Waals surface area contributed by atoms with Gasteiger partial charge in [0.25, 0.3) is 0 Å². The Morgan fingerprint density at radius 1 is 1.08 bits per heavy atom. The fourth-order valence-corrected chi connectivity index (χ4v) is 3.50. The van der Waals surface area contributed by atoms with Crippen molar-refractivity contribution >= 4 is 11.3 Å². The van der Waals surface area contributed by atoms with Gasteiger partial charge in [-0.15, -0.1) is 11.3 Å². The first-order valence-corrected chi connectivity index (χ1v) is 8.35. The van der Waals surface area contributed by atoms with Gasteiger partial charge in [0.15, 0.2) is 0 Å². The summed E-state index contributed by atoms with van der Waals surface area (Å²) in [5, 5.41) is 10.6. The minimum atomic E-state index is -0.194.